The van der Waals surface area contributed by atoms with Crippen molar-refractivity contribution < 1.29 is 0 Å². The molecule has 0 bridgehead atoms. The van der Waals surface area contributed by atoms with Gasteiger partial charge in [-0.3, -0.25) is 3.11 Å². The Morgan fingerprint density at radius 2 is 2.00 bits per heavy atom. The van der Waals surface area contributed by atoms with Crippen molar-refractivity contribution in [1.29, 1.82) is 0 Å². The van der Waals surface area contributed by atoms with Crippen molar-refractivity contribution in [3.05, 3.63) is 0 Å². The predicted octanol–water partition coefficient (Wildman–Crippen LogP) is 2.28. The van der Waals surface area contributed by atoms with Gasteiger partial charge in [0.1, 0.15) is 0 Å². The minimum Gasteiger partial charge on any atom is -0.352 e. The van der Waals surface area contributed by atoms with Crippen LogP contribution >= 0.6 is 35.1 Å². The largest absolute Gasteiger partial charge is 0.352 e. The number of rotatable bonds is 2. The van der Waals surface area contributed by atoms with Gasteiger partial charge in [-0.2, -0.15) is 0 Å². The van der Waals surface area contributed by atoms with Crippen molar-refractivity contribution in [1.82, 2.24) is 8.01 Å². The van der Waals surface area contributed by atoms with Crippen molar-refractivity contribution in [2.45, 2.75) is 26.8 Å². The molecule has 0 amide bonds. The molecular weight excluding hydrogens is 271 g/mol. The lowest BCUT2D eigenvalue weighted by Crippen LogP contribution is -2.38. The summed E-state index contributed by atoms with van der Waals surface area (Å²) in [5.41, 5.74) is 0. The van der Waals surface area contributed by atoms with Gasteiger partial charge in [-0.1, -0.05) is 0 Å². The molecule has 0 aliphatic heterocycles. The van der Waals surface area contributed by atoms with E-state index in [-0.39, 0.29) is 0 Å². The average molecular weight is 286 g/mol. The Morgan fingerprint density at radius 1 is 1.55 bits per heavy atom. The summed E-state index contributed by atoms with van der Waals surface area (Å²) >= 11 is 7.47. The molecule has 0 heterocycles. The van der Waals surface area contributed by atoms with Crippen LogP contribution in [0.15, 0.2) is 0 Å². The van der Waals surface area contributed by atoms with Crippen LogP contribution in [0.3, 0.4) is 0 Å². The van der Waals surface area contributed by atoms with Crippen LogP contribution in [0.4, 0.5) is 0 Å². The second-order valence-electron chi connectivity index (χ2n) is 2.70. The fourth-order valence-corrected chi connectivity index (χ4v) is 1.23. The van der Waals surface area contributed by atoms with Gasteiger partial charge in [0, 0.05) is 19.6 Å². The van der Waals surface area contributed by atoms with Gasteiger partial charge in [0.2, 0.25) is 0 Å². The Bertz CT molecular complexity index is 138. The molecule has 0 fully saturated rings. The molecular formula is C7H15IN2S. The molecule has 0 aliphatic rings. The van der Waals surface area contributed by atoms with Crippen molar-refractivity contribution >= 4 is 40.2 Å². The monoisotopic (exact) mass is 286 g/mol. The lowest BCUT2D eigenvalue weighted by Gasteiger charge is -2.27. The zero-order valence-corrected chi connectivity index (χ0v) is 10.4. The van der Waals surface area contributed by atoms with Crippen LogP contribution < -0.4 is 0 Å². The summed E-state index contributed by atoms with van der Waals surface area (Å²) < 4.78 is 2.07. The van der Waals surface area contributed by atoms with Gasteiger partial charge >= 0.3 is 0 Å². The zero-order chi connectivity index (χ0) is 9.02. The smallest absolute Gasteiger partial charge is 0.180 e. The molecule has 0 aliphatic carbocycles. The molecule has 66 valence electrons. The Kier molecular flexibility index (Phi) is 5.33. The third kappa shape index (κ3) is 3.55. The molecule has 0 spiro atoms. The minimum atomic E-state index is 0.470. The average Bonchev–Trinajstić information content (AvgIpc) is 2.00. The summed E-state index contributed by atoms with van der Waals surface area (Å²) in [5, 5.41) is 0.906. The number of hydrogen-bond acceptors (Lipinski definition) is 1. The molecule has 0 saturated carbocycles. The van der Waals surface area contributed by atoms with Crippen molar-refractivity contribution in [3.63, 3.8) is 0 Å². The van der Waals surface area contributed by atoms with Crippen LogP contribution in [0.5, 0.6) is 0 Å². The highest BCUT2D eigenvalue weighted by molar-refractivity contribution is 14.1. The second kappa shape index (κ2) is 5.13. The highest BCUT2D eigenvalue weighted by Crippen LogP contribution is 2.09. The molecule has 0 aromatic carbocycles. The van der Waals surface area contributed by atoms with Gasteiger partial charge in [-0.25, -0.2) is 0 Å². The highest BCUT2D eigenvalue weighted by atomic mass is 127. The summed E-state index contributed by atoms with van der Waals surface area (Å²) in [7, 11) is 2.01. The first kappa shape index (κ1) is 11.4. The Hall–Kier alpha value is 0.420. The fourth-order valence-electron chi connectivity index (χ4n) is 0.519. The first-order chi connectivity index (χ1) is 5.00. The topological polar surface area (TPSA) is 6.48 Å². The van der Waals surface area contributed by atoms with E-state index < -0.39 is 0 Å². The predicted molar refractivity (Wildman–Crippen MR) is 61.9 cm³/mol. The van der Waals surface area contributed by atoms with Crippen molar-refractivity contribution in [3.8, 4) is 0 Å². The number of halogens is 1. The van der Waals surface area contributed by atoms with Crippen LogP contribution in [-0.4, -0.2) is 32.8 Å². The van der Waals surface area contributed by atoms with Gasteiger partial charge < -0.3 is 4.90 Å². The maximum Gasteiger partial charge on any atom is 0.180 e. The Balaban J connectivity index is 4.02. The summed E-state index contributed by atoms with van der Waals surface area (Å²) in [6.07, 6.45) is 0. The maximum absolute atomic E-state index is 5.22. The quantitative estimate of drug-likeness (QED) is 0.437. The van der Waals surface area contributed by atoms with Gasteiger partial charge in [0.05, 0.1) is 22.9 Å². The fraction of sp³-hybridized carbons (Fsp3) is 0.857. The van der Waals surface area contributed by atoms with E-state index in [9.17, 15) is 0 Å². The van der Waals surface area contributed by atoms with Crippen LogP contribution in [0, 0.1) is 0 Å². The van der Waals surface area contributed by atoms with E-state index in [0.717, 1.165) is 11.7 Å². The first-order valence-corrected chi connectivity index (χ1v) is 5.08. The molecule has 0 unspecified atom stereocenters. The van der Waals surface area contributed by atoms with E-state index in [1.165, 1.54) is 0 Å². The molecule has 4 heteroatoms. The van der Waals surface area contributed by atoms with E-state index in [2.05, 4.69) is 51.6 Å². The first-order valence-electron chi connectivity index (χ1n) is 3.70. The minimum absolute atomic E-state index is 0.470. The summed E-state index contributed by atoms with van der Waals surface area (Å²) in [5.74, 6) is 0. The summed E-state index contributed by atoms with van der Waals surface area (Å²) in [6, 6.07) is 0.470. The summed E-state index contributed by atoms with van der Waals surface area (Å²) in [4.78, 5) is 2.06. The van der Waals surface area contributed by atoms with E-state index >= 15 is 0 Å². The molecule has 0 aromatic rings. The summed E-state index contributed by atoms with van der Waals surface area (Å²) in [6.45, 7) is 7.31. The number of thiocarbonyl (C=S) groups is 1. The second-order valence-corrected chi connectivity index (χ2v) is 4.11. The maximum atomic E-state index is 5.22. The van der Waals surface area contributed by atoms with Crippen molar-refractivity contribution in [2.75, 3.05) is 13.6 Å². The Morgan fingerprint density at radius 3 is 2.27 bits per heavy atom. The van der Waals surface area contributed by atoms with E-state index in [0.29, 0.717) is 6.04 Å². The number of nitrogens with zero attached hydrogens (tertiary/aromatic N) is 2. The van der Waals surface area contributed by atoms with E-state index in [1.54, 1.807) is 0 Å². The van der Waals surface area contributed by atoms with Crippen LogP contribution in [-0.2, 0) is 0 Å². The van der Waals surface area contributed by atoms with Crippen LogP contribution in [0.2, 0.25) is 0 Å². The SMILES string of the molecule is CCN(C)C(=S)N(I)C(C)C. The molecule has 0 atom stereocenters. The van der Waals surface area contributed by atoms with Gasteiger partial charge in [0.15, 0.2) is 5.11 Å². The Labute approximate surface area is 88.4 Å². The van der Waals surface area contributed by atoms with E-state index in [4.69, 9.17) is 12.2 Å². The zero-order valence-electron chi connectivity index (χ0n) is 7.47. The molecule has 11 heavy (non-hydrogen) atoms. The van der Waals surface area contributed by atoms with Gasteiger partial charge in [-0.15, -0.1) is 0 Å². The molecule has 2 nitrogen and oxygen atoms in total. The van der Waals surface area contributed by atoms with Gasteiger partial charge in [-0.05, 0) is 33.0 Å². The molecule has 0 aromatic heterocycles. The number of hydrogen-bond donors (Lipinski definition) is 0. The molecule has 0 radical (unpaired) electrons. The lowest BCUT2D eigenvalue weighted by atomic mass is 10.4. The third-order valence-corrected chi connectivity index (χ3v) is 3.84. The van der Waals surface area contributed by atoms with Gasteiger partial charge in [0.25, 0.3) is 0 Å². The third-order valence-electron chi connectivity index (χ3n) is 1.44. The van der Waals surface area contributed by atoms with Crippen molar-refractivity contribution in [2.24, 2.45) is 0 Å². The molecule has 0 N–H and O–H groups in total. The molecule has 0 rings (SSSR count). The standard InChI is InChI=1S/C7H15IN2S/c1-5-9(4)7(11)10(8)6(2)3/h6H,5H2,1-4H3. The van der Waals surface area contributed by atoms with Crippen LogP contribution in [0.25, 0.3) is 0 Å². The van der Waals surface area contributed by atoms with Crippen LogP contribution in [0.1, 0.15) is 20.8 Å². The van der Waals surface area contributed by atoms with E-state index in [1.807, 2.05) is 7.05 Å². The normalized spacial score (nSPS) is 10.0. The lowest BCUT2D eigenvalue weighted by molar-refractivity contribution is 0.462. The highest BCUT2D eigenvalue weighted by Gasteiger charge is 2.11. The molecule has 0 saturated heterocycles.